The van der Waals surface area contributed by atoms with E-state index in [0.29, 0.717) is 34.6 Å². The number of benzene rings is 2. The van der Waals surface area contributed by atoms with Crippen molar-refractivity contribution >= 4 is 5.97 Å². The molecule has 0 saturated heterocycles. The first kappa shape index (κ1) is 22.2. The number of aromatic nitrogens is 2. The number of nitrogens with two attached hydrogens (primary N) is 1. The van der Waals surface area contributed by atoms with Gasteiger partial charge in [0.1, 0.15) is 0 Å². The Hall–Kier alpha value is -4.02. The average Bonchev–Trinajstić information content (AvgIpc) is 3.30. The predicted octanol–water partition coefficient (Wildman–Crippen LogP) is 5.06. The summed E-state index contributed by atoms with van der Waals surface area (Å²) in [5.41, 5.74) is 9.02. The van der Waals surface area contributed by atoms with Gasteiger partial charge in [-0.1, -0.05) is 48.9 Å². The van der Waals surface area contributed by atoms with Crippen LogP contribution in [-0.4, -0.2) is 21.3 Å². The molecule has 0 aliphatic heterocycles. The summed E-state index contributed by atoms with van der Waals surface area (Å²) >= 11 is 0. The summed E-state index contributed by atoms with van der Waals surface area (Å²) in [6.45, 7) is 4.00. The van der Waals surface area contributed by atoms with Crippen molar-refractivity contribution in [2.75, 3.05) is 0 Å². The standard InChI is InChI=1S/C26H24N4O3/c1-16-6-5-7-17(10-16)14-26(2,28)25-30-29-23(33-25)20-11-19(12-21(13-20)24(31)32)22-9-4-3-8-18(22)15-27/h3-9,11-13,16H,10,14,28H2,1-2H3,(H,31,32)/t16?,26-/m1/s1. The second-order valence-corrected chi connectivity index (χ2v) is 8.66. The number of aromatic carboxylic acids is 1. The highest BCUT2D eigenvalue weighted by Crippen LogP contribution is 2.33. The molecule has 0 bridgehead atoms. The molecule has 2 aromatic carbocycles. The zero-order valence-corrected chi connectivity index (χ0v) is 18.4. The number of nitrogens with zero attached hydrogens (tertiary/aromatic N) is 3. The summed E-state index contributed by atoms with van der Waals surface area (Å²) in [5.74, 6) is -0.193. The summed E-state index contributed by atoms with van der Waals surface area (Å²) in [7, 11) is 0. The first-order valence-corrected chi connectivity index (χ1v) is 10.6. The molecule has 7 nitrogen and oxygen atoms in total. The third kappa shape index (κ3) is 4.76. The maximum absolute atomic E-state index is 11.8. The number of hydrogen-bond donors (Lipinski definition) is 2. The molecule has 4 rings (SSSR count). The minimum Gasteiger partial charge on any atom is -0.478 e. The molecule has 1 heterocycles. The van der Waals surface area contributed by atoms with Crippen LogP contribution in [0.15, 0.2) is 70.7 Å². The molecule has 33 heavy (non-hydrogen) atoms. The summed E-state index contributed by atoms with van der Waals surface area (Å²) < 4.78 is 5.93. The van der Waals surface area contributed by atoms with E-state index in [2.05, 4.69) is 35.3 Å². The van der Waals surface area contributed by atoms with Crippen LogP contribution in [0.5, 0.6) is 0 Å². The zero-order valence-electron chi connectivity index (χ0n) is 18.4. The molecule has 0 saturated carbocycles. The lowest BCUT2D eigenvalue weighted by atomic mass is 9.86. The van der Waals surface area contributed by atoms with E-state index in [9.17, 15) is 15.2 Å². The van der Waals surface area contributed by atoms with Crippen LogP contribution in [0.3, 0.4) is 0 Å². The highest BCUT2D eigenvalue weighted by atomic mass is 16.4. The van der Waals surface area contributed by atoms with Crippen molar-refractivity contribution in [1.29, 1.82) is 5.26 Å². The lowest BCUT2D eigenvalue weighted by Gasteiger charge is -2.24. The number of allylic oxidation sites excluding steroid dienone is 3. The minimum absolute atomic E-state index is 0.0543. The fourth-order valence-corrected chi connectivity index (χ4v) is 4.04. The number of hydrogen-bond acceptors (Lipinski definition) is 6. The van der Waals surface area contributed by atoms with Crippen molar-refractivity contribution < 1.29 is 14.3 Å². The lowest BCUT2D eigenvalue weighted by Crippen LogP contribution is -2.34. The molecular weight excluding hydrogens is 416 g/mol. The quantitative estimate of drug-likeness (QED) is 0.548. The number of carboxylic acid groups (broad SMARTS) is 1. The van der Waals surface area contributed by atoms with Gasteiger partial charge in [0.15, 0.2) is 0 Å². The van der Waals surface area contributed by atoms with Gasteiger partial charge in [-0.3, -0.25) is 0 Å². The van der Waals surface area contributed by atoms with Gasteiger partial charge in [0.05, 0.1) is 22.7 Å². The summed E-state index contributed by atoms with van der Waals surface area (Å²) in [5, 5.41) is 27.4. The monoisotopic (exact) mass is 440 g/mol. The van der Waals surface area contributed by atoms with E-state index in [-0.39, 0.29) is 17.3 Å². The minimum atomic E-state index is -1.10. The van der Waals surface area contributed by atoms with E-state index in [1.807, 2.05) is 13.0 Å². The van der Waals surface area contributed by atoms with Crippen LogP contribution < -0.4 is 5.73 Å². The zero-order chi connectivity index (χ0) is 23.6. The number of rotatable bonds is 6. The molecule has 1 unspecified atom stereocenters. The molecule has 1 aliphatic carbocycles. The Bertz CT molecular complexity index is 1310. The topological polar surface area (TPSA) is 126 Å². The molecule has 0 spiro atoms. The Balaban J connectivity index is 1.71. The SMILES string of the molecule is CC1C=CC=C(C[C@@](C)(N)c2nnc(-c3cc(C(=O)O)cc(-c4ccccc4C#N)c3)o2)C1. The van der Waals surface area contributed by atoms with Crippen LogP contribution in [0.1, 0.15) is 48.5 Å². The molecule has 0 fully saturated rings. The number of carboxylic acids is 1. The molecular formula is C26H24N4O3. The van der Waals surface area contributed by atoms with Crippen molar-refractivity contribution in [1.82, 2.24) is 10.2 Å². The van der Waals surface area contributed by atoms with Gasteiger partial charge in [0.25, 0.3) is 0 Å². The number of carbonyl (C=O) groups is 1. The van der Waals surface area contributed by atoms with Gasteiger partial charge >= 0.3 is 5.97 Å². The molecule has 0 radical (unpaired) electrons. The maximum atomic E-state index is 11.8. The van der Waals surface area contributed by atoms with Gasteiger partial charge < -0.3 is 15.3 Å². The van der Waals surface area contributed by atoms with E-state index in [1.165, 1.54) is 17.7 Å². The lowest BCUT2D eigenvalue weighted by molar-refractivity contribution is 0.0697. The van der Waals surface area contributed by atoms with Gasteiger partial charge in [-0.25, -0.2) is 4.79 Å². The van der Waals surface area contributed by atoms with Gasteiger partial charge in [-0.05, 0) is 61.1 Å². The Labute approximate surface area is 191 Å². The van der Waals surface area contributed by atoms with Gasteiger partial charge in [-0.15, -0.1) is 10.2 Å². The summed E-state index contributed by atoms with van der Waals surface area (Å²) in [4.78, 5) is 11.8. The van der Waals surface area contributed by atoms with Gasteiger partial charge in [0, 0.05) is 5.56 Å². The van der Waals surface area contributed by atoms with Crippen molar-refractivity contribution in [3.63, 3.8) is 0 Å². The van der Waals surface area contributed by atoms with Crippen LogP contribution in [0, 0.1) is 17.2 Å². The van der Waals surface area contributed by atoms with E-state index in [1.54, 1.807) is 30.3 Å². The van der Waals surface area contributed by atoms with Crippen LogP contribution in [0.2, 0.25) is 0 Å². The van der Waals surface area contributed by atoms with Crippen molar-refractivity contribution in [3.05, 3.63) is 83.3 Å². The fraction of sp³-hybridized carbons (Fsp3) is 0.231. The van der Waals surface area contributed by atoms with E-state index < -0.39 is 11.5 Å². The third-order valence-corrected chi connectivity index (χ3v) is 5.65. The van der Waals surface area contributed by atoms with Crippen LogP contribution in [0.25, 0.3) is 22.6 Å². The normalized spacial score (nSPS) is 17.2. The Morgan fingerprint density at radius 3 is 2.76 bits per heavy atom. The van der Waals surface area contributed by atoms with Crippen molar-refractivity contribution in [2.45, 2.75) is 32.2 Å². The number of nitriles is 1. The third-order valence-electron chi connectivity index (χ3n) is 5.65. The smallest absolute Gasteiger partial charge is 0.335 e. The first-order chi connectivity index (χ1) is 15.8. The van der Waals surface area contributed by atoms with E-state index >= 15 is 0 Å². The molecule has 7 heteroatoms. The van der Waals surface area contributed by atoms with Crippen molar-refractivity contribution in [2.24, 2.45) is 11.7 Å². The average molecular weight is 441 g/mol. The Morgan fingerprint density at radius 2 is 2.03 bits per heavy atom. The second kappa shape index (κ2) is 8.85. The second-order valence-electron chi connectivity index (χ2n) is 8.66. The Kier molecular flexibility index (Phi) is 5.95. The van der Waals surface area contributed by atoms with Crippen molar-refractivity contribution in [3.8, 4) is 28.7 Å². The van der Waals surface area contributed by atoms with Crippen LogP contribution >= 0.6 is 0 Å². The summed E-state index contributed by atoms with van der Waals surface area (Å²) in [6.07, 6.45) is 7.75. The predicted molar refractivity (Wildman–Crippen MR) is 124 cm³/mol. The van der Waals surface area contributed by atoms with E-state index in [4.69, 9.17) is 10.2 Å². The van der Waals surface area contributed by atoms with Gasteiger partial charge in [-0.2, -0.15) is 5.26 Å². The molecule has 2 atom stereocenters. The fourth-order valence-electron chi connectivity index (χ4n) is 4.04. The van der Waals surface area contributed by atoms with Gasteiger partial charge in [0.2, 0.25) is 11.8 Å². The Morgan fingerprint density at radius 1 is 1.27 bits per heavy atom. The molecule has 1 aromatic heterocycles. The van der Waals surface area contributed by atoms with Crippen LogP contribution in [-0.2, 0) is 5.54 Å². The highest BCUT2D eigenvalue weighted by Gasteiger charge is 2.30. The maximum Gasteiger partial charge on any atom is 0.335 e. The van der Waals surface area contributed by atoms with Crippen LogP contribution in [0.4, 0.5) is 0 Å². The largest absolute Gasteiger partial charge is 0.478 e. The molecule has 3 N–H and O–H groups in total. The highest BCUT2D eigenvalue weighted by molar-refractivity contribution is 5.92. The first-order valence-electron chi connectivity index (χ1n) is 10.6. The molecule has 3 aromatic rings. The van der Waals surface area contributed by atoms with E-state index in [0.717, 1.165) is 6.42 Å². The molecule has 1 aliphatic rings. The molecule has 0 amide bonds. The molecule has 166 valence electrons. The summed E-state index contributed by atoms with van der Waals surface area (Å²) in [6, 6.07) is 13.9.